The standard InChI is InChI=1S/C16H14O4.C16H18O2.C10H16O6.C8H12O6.C8H14O2.C8H16O2.C6H12O4.C6H10O4.C4H8O2/c1-12(19-15(17)13-8-4-2-5-9-13)20-16(18)14-10-6-3-7-11-14;1-14(17-12-15-8-4-2-5-9-15)18-13-16-10-6-3-7-11-16;1-4-13-9(11)7-8(10(12)14-5-2)16-6(3)15-7;1-4-13-5(7(9)11-2)6(14-4)8(10)12-3;1-6-9-7-4-2-3-5-8(7)10-6;1-6-9-7(2,3)8(4,5)10-6;1-4-9-5(7-2)6(8-3)10-4;1-4(7)9-6(3)10-5(2)8;1-4-5-2-3-6-4/h2-12H,1H3;2-11,14H,12-13H2,1H3;6-8H,4-5H2,1-3H3;4-6H,1-3H3;6-8H,2-5H2,1H3;6H,1-5H3;4-6H,1-3H3;6H,1-3H3;4H,2-3H2,1H3. The minimum Gasteiger partial charge on any atom is -0.467 e. The number of esters is 8. The van der Waals surface area contributed by atoms with Gasteiger partial charge in [0.05, 0.1) is 88.4 Å². The van der Waals surface area contributed by atoms with Crippen LogP contribution in [0, 0.1) is 0 Å². The van der Waals surface area contributed by atoms with Gasteiger partial charge in [-0.05, 0) is 138 Å². The molecule has 32 nitrogen and oxygen atoms in total. The van der Waals surface area contributed by atoms with Crippen LogP contribution in [0.3, 0.4) is 0 Å². The van der Waals surface area contributed by atoms with Crippen molar-refractivity contribution < 1.29 is 152 Å². The summed E-state index contributed by atoms with van der Waals surface area (Å²) in [6.45, 7) is 32.9. The molecule has 4 aromatic carbocycles. The first-order chi connectivity index (χ1) is 54.1. The van der Waals surface area contributed by atoms with Crippen molar-refractivity contribution in [2.75, 3.05) is 54.9 Å². The van der Waals surface area contributed by atoms with Crippen LogP contribution in [0.2, 0.25) is 0 Å². The van der Waals surface area contributed by atoms with E-state index in [-0.39, 0.29) is 68.4 Å². The summed E-state index contributed by atoms with van der Waals surface area (Å²) >= 11 is 0. The number of carbonyl (C=O) groups excluding carboxylic acids is 8. The zero-order valence-corrected chi connectivity index (χ0v) is 69.5. The summed E-state index contributed by atoms with van der Waals surface area (Å²) in [5.41, 5.74) is 2.82. The molecule has 7 aliphatic rings. The number of benzene rings is 4. The number of fused-ring (bicyclic) bond motifs is 1. The van der Waals surface area contributed by atoms with E-state index in [1.165, 1.54) is 67.6 Å². The summed E-state index contributed by atoms with van der Waals surface area (Å²) in [6.07, 6.45) is -2.43. The highest BCUT2D eigenvalue weighted by Crippen LogP contribution is 2.38. The van der Waals surface area contributed by atoms with E-state index in [0.717, 1.165) is 24.3 Å². The lowest BCUT2D eigenvalue weighted by molar-refractivity contribution is -0.181. The predicted molar refractivity (Wildman–Crippen MR) is 406 cm³/mol. The molecule has 640 valence electrons. The molecule has 1 saturated carbocycles. The van der Waals surface area contributed by atoms with Gasteiger partial charge in [0.1, 0.15) is 0 Å². The lowest BCUT2D eigenvalue weighted by atomic mass is 9.90. The normalized spacial score (nSPS) is 23.9. The third-order valence-electron chi connectivity index (χ3n) is 16.6. The van der Waals surface area contributed by atoms with E-state index in [2.05, 4.69) is 46.6 Å². The molecule has 0 radical (unpaired) electrons. The van der Waals surface area contributed by atoms with Crippen molar-refractivity contribution in [3.8, 4) is 0 Å². The maximum atomic E-state index is 11.8. The van der Waals surface area contributed by atoms with Crippen LogP contribution in [0.4, 0.5) is 0 Å². The first-order valence-corrected chi connectivity index (χ1v) is 37.7. The molecular formula is C82H120O32. The van der Waals surface area contributed by atoms with Crippen molar-refractivity contribution in [3.63, 3.8) is 0 Å². The third kappa shape index (κ3) is 38.6. The van der Waals surface area contributed by atoms with Gasteiger partial charge < -0.3 is 114 Å². The number of ether oxygens (including phenoxy) is 24. The van der Waals surface area contributed by atoms with Crippen LogP contribution in [0.1, 0.15) is 175 Å². The van der Waals surface area contributed by atoms with Crippen LogP contribution >= 0.6 is 0 Å². The number of methoxy groups -OCH3 is 4. The lowest BCUT2D eigenvalue weighted by Crippen LogP contribution is -2.41. The smallest absolute Gasteiger partial charge is 0.341 e. The minimum absolute atomic E-state index is 0.0463. The molecular weight excluding hydrogens is 1500 g/mol. The van der Waals surface area contributed by atoms with Gasteiger partial charge >= 0.3 is 47.8 Å². The summed E-state index contributed by atoms with van der Waals surface area (Å²) in [6, 6.07) is 37.3. The van der Waals surface area contributed by atoms with Gasteiger partial charge in [0.2, 0.25) is 25.2 Å². The average Bonchev–Trinajstić information content (AvgIpc) is 1.64. The largest absolute Gasteiger partial charge is 0.467 e. The highest BCUT2D eigenvalue weighted by molar-refractivity contribution is 5.91. The zero-order valence-electron chi connectivity index (χ0n) is 69.5. The van der Waals surface area contributed by atoms with Crippen LogP contribution in [0.5, 0.6) is 0 Å². The Hall–Kier alpha value is -8.00. The van der Waals surface area contributed by atoms with Crippen molar-refractivity contribution in [2.24, 2.45) is 0 Å². The van der Waals surface area contributed by atoms with Crippen molar-refractivity contribution in [2.45, 2.75) is 274 Å². The number of hydrogen-bond acceptors (Lipinski definition) is 32. The van der Waals surface area contributed by atoms with E-state index in [1.807, 2.05) is 88.4 Å². The van der Waals surface area contributed by atoms with Crippen LogP contribution in [-0.2, 0) is 156 Å². The second-order valence-electron chi connectivity index (χ2n) is 26.4. The van der Waals surface area contributed by atoms with E-state index < -0.39 is 97.3 Å². The molecule has 114 heavy (non-hydrogen) atoms. The van der Waals surface area contributed by atoms with E-state index >= 15 is 0 Å². The van der Waals surface area contributed by atoms with Crippen LogP contribution in [-0.4, -0.2) is 220 Å². The van der Waals surface area contributed by atoms with Crippen molar-refractivity contribution in [3.05, 3.63) is 144 Å². The molecule has 0 aromatic heterocycles. The van der Waals surface area contributed by atoms with E-state index in [1.54, 1.807) is 110 Å². The van der Waals surface area contributed by atoms with Crippen LogP contribution < -0.4 is 0 Å². The van der Waals surface area contributed by atoms with Crippen LogP contribution in [0.15, 0.2) is 121 Å². The molecule has 0 N–H and O–H groups in total. The van der Waals surface area contributed by atoms with Gasteiger partial charge in [-0.15, -0.1) is 0 Å². The number of hydrogen-bond donors (Lipinski definition) is 0. The molecule has 6 saturated heterocycles. The van der Waals surface area contributed by atoms with Gasteiger partial charge in [0.25, 0.3) is 0 Å². The highest BCUT2D eigenvalue weighted by Gasteiger charge is 2.49. The van der Waals surface area contributed by atoms with Crippen molar-refractivity contribution in [1.29, 1.82) is 0 Å². The molecule has 8 unspecified atom stereocenters. The summed E-state index contributed by atoms with van der Waals surface area (Å²) in [5.74, 6) is -4.50. The predicted octanol–water partition coefficient (Wildman–Crippen LogP) is 11.3. The fraction of sp³-hybridized carbons (Fsp3) is 0.610. The van der Waals surface area contributed by atoms with Crippen molar-refractivity contribution >= 4 is 47.8 Å². The Kier molecular flexibility index (Phi) is 47.5. The second kappa shape index (κ2) is 54.0. The summed E-state index contributed by atoms with van der Waals surface area (Å²) in [5, 5.41) is 0. The number of carbonyl (C=O) groups is 8. The Morgan fingerprint density at radius 3 is 0.982 bits per heavy atom. The maximum absolute atomic E-state index is 11.8. The Labute approximate surface area is 669 Å². The van der Waals surface area contributed by atoms with E-state index in [0.29, 0.717) is 36.5 Å². The van der Waals surface area contributed by atoms with Gasteiger partial charge in [-0.1, -0.05) is 110 Å². The molecule has 0 amide bonds. The number of rotatable bonds is 20. The summed E-state index contributed by atoms with van der Waals surface area (Å²) < 4.78 is 121. The lowest BCUT2D eigenvalue weighted by Gasteiger charge is -2.30. The second-order valence-corrected chi connectivity index (χ2v) is 26.4. The zero-order chi connectivity index (χ0) is 84.9. The summed E-state index contributed by atoms with van der Waals surface area (Å²) in [4.78, 5) is 89.2. The molecule has 11 rings (SSSR count). The Balaban J connectivity index is 0.000000338. The average molecular weight is 1620 g/mol. The third-order valence-corrected chi connectivity index (χ3v) is 16.6. The van der Waals surface area contributed by atoms with Gasteiger partial charge in [-0.2, -0.15) is 0 Å². The molecule has 6 aliphatic heterocycles. The molecule has 1 aliphatic carbocycles. The van der Waals surface area contributed by atoms with Gasteiger partial charge in [-0.3, -0.25) is 9.59 Å². The van der Waals surface area contributed by atoms with E-state index in [4.69, 9.17) is 94.7 Å². The SMILES string of the molecule is CC(=O)OC(C)OC(C)=O.CC(OC(=O)c1ccccc1)OC(=O)c1ccccc1.CC(OCc1ccccc1)OCc1ccccc1.CC1OC(C)(C)C(C)(C)O1.CC1OC2CCCCC2O1.CC1OCCO1.CCOC(=O)C1OC(C)OC1C(=O)OCC.COC(=O)C1OC(C)OC1C(=O)OC.COC1OC(C)OC1OC. The fourth-order valence-corrected chi connectivity index (χ4v) is 10.7. The first-order valence-electron chi connectivity index (χ1n) is 37.7. The molecule has 8 atom stereocenters. The molecule has 0 spiro atoms. The van der Waals surface area contributed by atoms with Crippen LogP contribution in [0.25, 0.3) is 0 Å². The molecule has 7 fully saturated rings. The van der Waals surface area contributed by atoms with Gasteiger partial charge in [-0.25, -0.2) is 28.8 Å². The maximum Gasteiger partial charge on any atom is 0.341 e. The Morgan fingerprint density at radius 2 is 0.702 bits per heavy atom. The molecule has 4 aromatic rings. The Morgan fingerprint density at radius 1 is 0.395 bits per heavy atom. The fourth-order valence-electron chi connectivity index (χ4n) is 10.7. The molecule has 0 bridgehead atoms. The minimum atomic E-state index is -1.04. The molecule has 6 heterocycles. The van der Waals surface area contributed by atoms with E-state index in [9.17, 15) is 38.4 Å². The first kappa shape index (κ1) is 100. The van der Waals surface area contributed by atoms with Gasteiger partial charge in [0, 0.05) is 41.9 Å². The quantitative estimate of drug-likeness (QED) is 0.0450. The van der Waals surface area contributed by atoms with Gasteiger partial charge in [0.15, 0.2) is 68.4 Å². The van der Waals surface area contributed by atoms with Crippen molar-refractivity contribution in [1.82, 2.24) is 0 Å². The summed E-state index contributed by atoms with van der Waals surface area (Å²) in [7, 11) is 5.53. The Bertz CT molecular complexity index is 3140. The monoisotopic (exact) mass is 1620 g/mol. The topological polar surface area (TPSA) is 358 Å². The molecule has 32 heteroatoms. The highest BCUT2D eigenvalue weighted by atomic mass is 16.9.